The van der Waals surface area contributed by atoms with Crippen molar-refractivity contribution in [2.24, 2.45) is 0 Å². The molecule has 7 heteroatoms. The molecule has 0 radical (unpaired) electrons. The van der Waals surface area contributed by atoms with E-state index in [-0.39, 0.29) is 11.4 Å². The Kier molecular flexibility index (Phi) is 5.64. The molecule has 3 aromatic carbocycles. The molecule has 1 aliphatic rings. The number of hydrogen-bond donors (Lipinski definition) is 0. The van der Waals surface area contributed by atoms with Gasteiger partial charge in [-0.15, -0.1) is 0 Å². The fourth-order valence-corrected chi connectivity index (χ4v) is 4.36. The number of hydrogen-bond acceptors (Lipinski definition) is 4. The van der Waals surface area contributed by atoms with Gasteiger partial charge in [0.25, 0.3) is 5.56 Å². The first-order valence-electron chi connectivity index (χ1n) is 10.6. The van der Waals surface area contributed by atoms with E-state index in [1.807, 2.05) is 36.4 Å². The van der Waals surface area contributed by atoms with Crippen molar-refractivity contribution in [2.75, 3.05) is 31.1 Å². The van der Waals surface area contributed by atoms with E-state index in [1.54, 1.807) is 22.8 Å². The van der Waals surface area contributed by atoms with Crippen LogP contribution in [-0.2, 0) is 6.54 Å². The van der Waals surface area contributed by atoms with E-state index in [0.717, 1.165) is 36.9 Å². The van der Waals surface area contributed by atoms with Crippen LogP contribution in [0.15, 0.2) is 77.6 Å². The number of para-hydroxylation sites is 1. The summed E-state index contributed by atoms with van der Waals surface area (Å²) in [4.78, 5) is 22.7. The zero-order chi connectivity index (χ0) is 22.1. The second-order valence-electron chi connectivity index (χ2n) is 7.91. The van der Waals surface area contributed by atoms with Crippen LogP contribution in [0.25, 0.3) is 16.6 Å². The van der Waals surface area contributed by atoms with Crippen molar-refractivity contribution < 1.29 is 4.39 Å². The second kappa shape index (κ2) is 8.73. The summed E-state index contributed by atoms with van der Waals surface area (Å²) >= 11 is 6.15. The second-order valence-corrected chi connectivity index (χ2v) is 8.34. The van der Waals surface area contributed by atoms with Gasteiger partial charge in [-0.2, -0.15) is 0 Å². The van der Waals surface area contributed by atoms with Crippen LogP contribution in [0.1, 0.15) is 5.82 Å². The maximum atomic E-state index is 13.5. The van der Waals surface area contributed by atoms with Crippen LogP contribution in [0.2, 0.25) is 5.02 Å². The summed E-state index contributed by atoms with van der Waals surface area (Å²) in [7, 11) is 0. The first kappa shape index (κ1) is 20.7. The minimum absolute atomic E-state index is 0.144. The van der Waals surface area contributed by atoms with Crippen molar-refractivity contribution in [1.29, 1.82) is 0 Å². The number of nitrogens with zero attached hydrogens (tertiary/aromatic N) is 4. The van der Waals surface area contributed by atoms with Gasteiger partial charge < -0.3 is 4.90 Å². The molecule has 1 fully saturated rings. The molecule has 4 aromatic rings. The van der Waals surface area contributed by atoms with Gasteiger partial charge in [0.1, 0.15) is 11.6 Å². The third-order valence-electron chi connectivity index (χ3n) is 5.84. The van der Waals surface area contributed by atoms with Crippen molar-refractivity contribution >= 4 is 28.2 Å². The number of fused-ring (bicyclic) bond motifs is 1. The molecule has 0 spiro atoms. The normalized spacial score (nSPS) is 14.8. The fourth-order valence-electron chi connectivity index (χ4n) is 4.18. The van der Waals surface area contributed by atoms with E-state index in [2.05, 4.69) is 15.9 Å². The summed E-state index contributed by atoms with van der Waals surface area (Å²) in [5.74, 6) is 0.311. The molecule has 1 aromatic heterocycles. The Morgan fingerprint density at radius 3 is 2.38 bits per heavy atom. The highest BCUT2D eigenvalue weighted by molar-refractivity contribution is 6.30. The summed E-state index contributed by atoms with van der Waals surface area (Å²) in [6, 6.07) is 21.2. The number of halogens is 2. The maximum absolute atomic E-state index is 13.5. The van der Waals surface area contributed by atoms with E-state index >= 15 is 0 Å². The van der Waals surface area contributed by atoms with Gasteiger partial charge in [0, 0.05) is 36.9 Å². The molecule has 0 aliphatic carbocycles. The third-order valence-corrected chi connectivity index (χ3v) is 6.08. The van der Waals surface area contributed by atoms with E-state index in [0.29, 0.717) is 29.0 Å². The molecule has 162 valence electrons. The lowest BCUT2D eigenvalue weighted by atomic mass is 10.2. The topological polar surface area (TPSA) is 41.4 Å². The number of piperazine rings is 1. The zero-order valence-corrected chi connectivity index (χ0v) is 18.2. The molecule has 0 unspecified atom stereocenters. The standard InChI is InChI=1S/C25H22ClFN4O/c26-18-4-3-5-21(16-18)30-14-12-29(13-15-30)17-24-28-23-7-2-1-6-22(23)25(32)31(24)20-10-8-19(27)9-11-20/h1-11,16H,12-15,17H2. The Labute approximate surface area is 190 Å². The molecule has 1 saturated heterocycles. The van der Waals surface area contributed by atoms with Gasteiger partial charge >= 0.3 is 0 Å². The number of rotatable bonds is 4. The van der Waals surface area contributed by atoms with E-state index in [4.69, 9.17) is 16.6 Å². The van der Waals surface area contributed by atoms with Crippen molar-refractivity contribution in [3.8, 4) is 5.69 Å². The summed E-state index contributed by atoms with van der Waals surface area (Å²) in [5.41, 5.74) is 2.25. The lowest BCUT2D eigenvalue weighted by Gasteiger charge is -2.36. The first-order valence-corrected chi connectivity index (χ1v) is 11.0. The Bertz CT molecular complexity index is 1310. The van der Waals surface area contributed by atoms with E-state index in [1.165, 1.54) is 12.1 Å². The Balaban J connectivity index is 1.44. The molecule has 0 amide bonds. The average Bonchev–Trinajstić information content (AvgIpc) is 2.81. The van der Waals surface area contributed by atoms with Crippen molar-refractivity contribution in [2.45, 2.75) is 6.54 Å². The smallest absolute Gasteiger partial charge is 0.266 e. The number of aromatic nitrogens is 2. The summed E-state index contributed by atoms with van der Waals surface area (Å²) in [5, 5.41) is 1.28. The van der Waals surface area contributed by atoms with Crippen LogP contribution < -0.4 is 10.5 Å². The molecule has 0 atom stereocenters. The van der Waals surface area contributed by atoms with Crippen LogP contribution in [0, 0.1) is 5.82 Å². The van der Waals surface area contributed by atoms with Gasteiger partial charge in [0.15, 0.2) is 0 Å². The minimum Gasteiger partial charge on any atom is -0.369 e. The van der Waals surface area contributed by atoms with Crippen molar-refractivity contribution in [1.82, 2.24) is 14.5 Å². The zero-order valence-electron chi connectivity index (χ0n) is 17.4. The van der Waals surface area contributed by atoms with Crippen LogP contribution in [-0.4, -0.2) is 40.6 Å². The van der Waals surface area contributed by atoms with Crippen molar-refractivity contribution in [3.63, 3.8) is 0 Å². The van der Waals surface area contributed by atoms with E-state index < -0.39 is 0 Å². The quantitative estimate of drug-likeness (QED) is 0.461. The molecular formula is C25H22ClFN4O. The highest BCUT2D eigenvalue weighted by Gasteiger charge is 2.21. The Hall–Kier alpha value is -3.22. The van der Waals surface area contributed by atoms with Gasteiger partial charge in [-0.25, -0.2) is 9.37 Å². The highest BCUT2D eigenvalue weighted by atomic mass is 35.5. The summed E-state index contributed by atoms with van der Waals surface area (Å²) < 4.78 is 15.1. The van der Waals surface area contributed by atoms with Gasteiger partial charge in [-0.05, 0) is 54.6 Å². The van der Waals surface area contributed by atoms with Crippen molar-refractivity contribution in [3.05, 3.63) is 99.8 Å². The summed E-state index contributed by atoms with van der Waals surface area (Å²) in [6.07, 6.45) is 0. The summed E-state index contributed by atoms with van der Waals surface area (Å²) in [6.45, 7) is 3.90. The van der Waals surface area contributed by atoms with Gasteiger partial charge in [0.05, 0.1) is 23.1 Å². The molecule has 5 nitrogen and oxygen atoms in total. The van der Waals surface area contributed by atoms with Gasteiger partial charge in [-0.3, -0.25) is 14.3 Å². The highest BCUT2D eigenvalue weighted by Crippen LogP contribution is 2.22. The van der Waals surface area contributed by atoms with Gasteiger partial charge in [-0.1, -0.05) is 29.8 Å². The monoisotopic (exact) mass is 448 g/mol. The predicted molar refractivity (Wildman–Crippen MR) is 126 cm³/mol. The minimum atomic E-state index is -0.339. The molecule has 0 bridgehead atoms. The Morgan fingerprint density at radius 1 is 0.875 bits per heavy atom. The molecule has 0 N–H and O–H groups in total. The maximum Gasteiger partial charge on any atom is 0.266 e. The molecule has 32 heavy (non-hydrogen) atoms. The lowest BCUT2D eigenvalue weighted by Crippen LogP contribution is -2.46. The molecule has 1 aliphatic heterocycles. The first-order chi connectivity index (χ1) is 15.6. The third kappa shape index (κ3) is 4.11. The average molecular weight is 449 g/mol. The molecular weight excluding hydrogens is 427 g/mol. The number of anilines is 1. The SMILES string of the molecule is O=c1c2ccccc2nc(CN2CCN(c3cccc(Cl)c3)CC2)n1-c1ccc(F)cc1. The predicted octanol–water partition coefficient (Wildman–Crippen LogP) is 4.50. The number of benzene rings is 3. The van der Waals surface area contributed by atoms with Crippen LogP contribution in [0.5, 0.6) is 0 Å². The lowest BCUT2D eigenvalue weighted by molar-refractivity contribution is 0.242. The van der Waals surface area contributed by atoms with Crippen LogP contribution in [0.4, 0.5) is 10.1 Å². The van der Waals surface area contributed by atoms with Crippen LogP contribution in [0.3, 0.4) is 0 Å². The molecule has 5 rings (SSSR count). The fraction of sp³-hybridized carbons (Fsp3) is 0.200. The van der Waals surface area contributed by atoms with Gasteiger partial charge in [0.2, 0.25) is 0 Å². The molecule has 2 heterocycles. The Morgan fingerprint density at radius 2 is 1.62 bits per heavy atom. The molecule has 0 saturated carbocycles. The largest absolute Gasteiger partial charge is 0.369 e. The van der Waals surface area contributed by atoms with Crippen LogP contribution >= 0.6 is 11.6 Å². The van der Waals surface area contributed by atoms with E-state index in [9.17, 15) is 9.18 Å².